The molecule has 9 heteroatoms. The van der Waals surface area contributed by atoms with Gasteiger partial charge in [-0.2, -0.15) is 0 Å². The van der Waals surface area contributed by atoms with Crippen LogP contribution >= 0.6 is 22.9 Å². The van der Waals surface area contributed by atoms with Crippen LogP contribution in [-0.4, -0.2) is 48.8 Å². The zero-order chi connectivity index (χ0) is 22.8. The standard InChI is InChI=1S/C23H23ClFN3O3S/c1-3-15(16-8-13(24)4-5-19(16)31-20-11-27-10-17(20)25)23-18(26-2)9-14(32-23)12-28-21(29)6-7-22(28)30/h3-5,8-9,17,20,27H,2,6-7,10-12H2,1H3/b15-3-/t17-,20+/m0/s1. The monoisotopic (exact) mass is 475 g/mol. The number of nitrogens with one attached hydrogen (secondary N) is 1. The fourth-order valence-electron chi connectivity index (χ4n) is 3.90. The maximum absolute atomic E-state index is 14.2. The molecule has 6 nitrogen and oxygen atoms in total. The smallest absolute Gasteiger partial charge is 0.230 e. The molecule has 2 amide bonds. The van der Waals surface area contributed by atoms with Gasteiger partial charge in [-0.1, -0.05) is 17.7 Å². The predicted octanol–water partition coefficient (Wildman–Crippen LogP) is 4.52. The fourth-order valence-corrected chi connectivity index (χ4v) is 5.26. The summed E-state index contributed by atoms with van der Waals surface area (Å²) in [4.78, 5) is 31.1. The molecule has 4 rings (SSSR count). The number of nitrogens with zero attached hydrogens (tertiary/aromatic N) is 2. The molecule has 2 atom stereocenters. The topological polar surface area (TPSA) is 71.0 Å². The maximum Gasteiger partial charge on any atom is 0.230 e. The molecule has 2 saturated heterocycles. The molecule has 0 aliphatic carbocycles. The van der Waals surface area contributed by atoms with Crippen molar-refractivity contribution < 1.29 is 18.7 Å². The van der Waals surface area contributed by atoms with E-state index in [0.717, 1.165) is 15.3 Å². The molecule has 0 unspecified atom stereocenters. The number of rotatable bonds is 7. The number of ether oxygens (including phenoxy) is 1. The van der Waals surface area contributed by atoms with Gasteiger partial charge >= 0.3 is 0 Å². The summed E-state index contributed by atoms with van der Waals surface area (Å²) in [6.07, 6.45) is 0.726. The molecule has 2 aliphatic rings. The largest absolute Gasteiger partial charge is 0.485 e. The number of carbonyl (C=O) groups is 2. The van der Waals surface area contributed by atoms with Gasteiger partial charge in [0.2, 0.25) is 11.8 Å². The first-order valence-electron chi connectivity index (χ1n) is 10.3. The molecule has 32 heavy (non-hydrogen) atoms. The van der Waals surface area contributed by atoms with E-state index in [0.29, 0.717) is 28.6 Å². The Morgan fingerprint density at radius 2 is 2.09 bits per heavy atom. The Morgan fingerprint density at radius 3 is 2.72 bits per heavy atom. The van der Waals surface area contributed by atoms with E-state index in [9.17, 15) is 14.0 Å². The first-order valence-corrected chi connectivity index (χ1v) is 11.5. The summed E-state index contributed by atoms with van der Waals surface area (Å²) in [5.74, 6) is 0.190. The van der Waals surface area contributed by atoms with Gasteiger partial charge in [0.1, 0.15) is 11.9 Å². The predicted molar refractivity (Wildman–Crippen MR) is 125 cm³/mol. The molecule has 2 aliphatic heterocycles. The Balaban J connectivity index is 1.69. The van der Waals surface area contributed by atoms with Crippen LogP contribution in [0.2, 0.25) is 5.02 Å². The van der Waals surface area contributed by atoms with E-state index in [2.05, 4.69) is 17.0 Å². The van der Waals surface area contributed by atoms with E-state index >= 15 is 0 Å². The molecule has 0 bridgehead atoms. The maximum atomic E-state index is 14.2. The van der Waals surface area contributed by atoms with E-state index in [1.54, 1.807) is 18.2 Å². The van der Waals surface area contributed by atoms with Crippen molar-refractivity contribution in [3.8, 4) is 5.75 Å². The molecule has 0 spiro atoms. The van der Waals surface area contributed by atoms with Crippen LogP contribution in [0.5, 0.6) is 5.75 Å². The molecule has 0 saturated carbocycles. The van der Waals surface area contributed by atoms with Gasteiger partial charge in [0.05, 0.1) is 17.1 Å². The van der Waals surface area contributed by atoms with E-state index in [4.69, 9.17) is 16.3 Å². The summed E-state index contributed by atoms with van der Waals surface area (Å²) in [6, 6.07) is 7.06. The number of hydrogen-bond acceptors (Lipinski definition) is 6. The molecule has 3 heterocycles. The average Bonchev–Trinajstić information content (AvgIpc) is 3.46. The summed E-state index contributed by atoms with van der Waals surface area (Å²) < 4.78 is 20.2. The van der Waals surface area contributed by atoms with E-state index in [-0.39, 0.29) is 37.7 Å². The van der Waals surface area contributed by atoms with Crippen LogP contribution < -0.4 is 10.1 Å². The van der Waals surface area contributed by atoms with Gasteiger partial charge in [-0.25, -0.2) is 4.39 Å². The molecule has 1 aromatic carbocycles. The second-order valence-corrected chi connectivity index (χ2v) is 9.21. The van der Waals surface area contributed by atoms with Crippen molar-refractivity contribution in [1.29, 1.82) is 0 Å². The fraction of sp³-hybridized carbons (Fsp3) is 0.348. The Kier molecular flexibility index (Phi) is 6.74. The van der Waals surface area contributed by atoms with Crippen molar-refractivity contribution in [3.63, 3.8) is 0 Å². The highest BCUT2D eigenvalue weighted by atomic mass is 35.5. The molecular formula is C23H23ClFN3O3S. The molecule has 168 valence electrons. The lowest BCUT2D eigenvalue weighted by molar-refractivity contribution is -0.138. The number of benzene rings is 1. The normalized spacial score (nSPS) is 21.5. The van der Waals surface area contributed by atoms with E-state index in [1.807, 2.05) is 19.1 Å². The number of allylic oxidation sites excluding steroid dienone is 1. The molecule has 0 radical (unpaired) electrons. The number of alkyl halides is 1. The number of carbonyl (C=O) groups excluding carboxylic acids is 2. The van der Waals surface area contributed by atoms with Crippen molar-refractivity contribution >= 4 is 52.7 Å². The summed E-state index contributed by atoms with van der Waals surface area (Å²) >= 11 is 7.72. The number of aliphatic imine (C=N–C) groups is 1. The van der Waals surface area contributed by atoms with Gasteiger partial charge in [0.15, 0.2) is 6.17 Å². The van der Waals surface area contributed by atoms with Crippen LogP contribution in [0.25, 0.3) is 5.57 Å². The Labute approximate surface area is 194 Å². The summed E-state index contributed by atoms with van der Waals surface area (Å²) in [5.41, 5.74) is 2.15. The lowest BCUT2D eigenvalue weighted by atomic mass is 10.0. The van der Waals surface area contributed by atoms with Crippen molar-refractivity contribution in [2.24, 2.45) is 4.99 Å². The lowest BCUT2D eigenvalue weighted by Gasteiger charge is -2.19. The summed E-state index contributed by atoms with van der Waals surface area (Å²) in [7, 11) is 0. The minimum absolute atomic E-state index is 0.166. The van der Waals surface area contributed by atoms with Crippen molar-refractivity contribution in [3.05, 3.63) is 50.7 Å². The second kappa shape index (κ2) is 9.52. The first kappa shape index (κ1) is 22.6. The quantitative estimate of drug-likeness (QED) is 0.472. The highest BCUT2D eigenvalue weighted by molar-refractivity contribution is 7.13. The Bertz CT molecular complexity index is 1080. The SMILES string of the molecule is C=Nc1cc(CN2C(=O)CCC2=O)sc1/C(=C\C)c1cc(Cl)ccc1O[C@@H]1CNC[C@@H]1F. The molecule has 1 aromatic heterocycles. The van der Waals surface area contributed by atoms with Crippen LogP contribution in [0.1, 0.15) is 35.1 Å². The van der Waals surface area contributed by atoms with Crippen molar-refractivity contribution in [2.75, 3.05) is 13.1 Å². The van der Waals surface area contributed by atoms with Gasteiger partial charge in [0.25, 0.3) is 0 Å². The third kappa shape index (κ3) is 4.48. The van der Waals surface area contributed by atoms with E-state index < -0.39 is 12.3 Å². The molecular weight excluding hydrogens is 453 g/mol. The lowest BCUT2D eigenvalue weighted by Crippen LogP contribution is -2.27. The van der Waals surface area contributed by atoms with Crippen molar-refractivity contribution in [2.45, 2.75) is 38.6 Å². The first-order chi connectivity index (χ1) is 15.4. The van der Waals surface area contributed by atoms with Gasteiger partial charge in [-0.15, -0.1) is 11.3 Å². The number of halogens is 2. The van der Waals surface area contributed by atoms with Crippen LogP contribution in [0.3, 0.4) is 0 Å². The van der Waals surface area contributed by atoms with Crippen LogP contribution in [0.4, 0.5) is 10.1 Å². The Morgan fingerprint density at radius 1 is 1.34 bits per heavy atom. The minimum atomic E-state index is -1.10. The van der Waals surface area contributed by atoms with Gasteiger partial charge < -0.3 is 10.1 Å². The number of hydrogen-bond donors (Lipinski definition) is 1. The van der Waals surface area contributed by atoms with Crippen LogP contribution in [0, 0.1) is 0 Å². The van der Waals surface area contributed by atoms with Crippen molar-refractivity contribution in [1.82, 2.24) is 10.2 Å². The van der Waals surface area contributed by atoms with Gasteiger partial charge in [0, 0.05) is 47.0 Å². The average molecular weight is 476 g/mol. The van der Waals surface area contributed by atoms with Gasteiger partial charge in [-0.05, 0) is 37.9 Å². The molecule has 2 fully saturated rings. The molecule has 2 aromatic rings. The number of imide groups is 1. The minimum Gasteiger partial charge on any atom is -0.485 e. The van der Waals surface area contributed by atoms with E-state index in [1.165, 1.54) is 16.2 Å². The second-order valence-electron chi connectivity index (χ2n) is 7.63. The summed E-state index contributed by atoms with van der Waals surface area (Å²) in [6.45, 7) is 6.45. The zero-order valence-electron chi connectivity index (χ0n) is 17.6. The third-order valence-corrected chi connectivity index (χ3v) is 6.91. The number of amides is 2. The molecule has 1 N–H and O–H groups in total. The Hall–Kier alpha value is -2.55. The van der Waals surface area contributed by atoms with Crippen LogP contribution in [-0.2, 0) is 16.1 Å². The number of thiophene rings is 1. The highest BCUT2D eigenvalue weighted by Crippen LogP contribution is 2.42. The zero-order valence-corrected chi connectivity index (χ0v) is 19.1. The highest BCUT2D eigenvalue weighted by Gasteiger charge is 2.31. The third-order valence-electron chi connectivity index (χ3n) is 5.53. The van der Waals surface area contributed by atoms with Crippen LogP contribution in [0.15, 0.2) is 35.3 Å². The number of likely N-dealkylation sites (tertiary alicyclic amines) is 1. The summed E-state index contributed by atoms with van der Waals surface area (Å²) in [5, 5.41) is 3.51. The van der Waals surface area contributed by atoms with Gasteiger partial charge in [-0.3, -0.25) is 19.5 Å².